The Hall–Kier alpha value is 0.0500. The molecule has 0 unspecified atom stereocenters. The Morgan fingerprint density at radius 3 is 2.67 bits per heavy atom. The Morgan fingerprint density at radius 2 is 2.44 bits per heavy atom. The third-order valence-electron chi connectivity index (χ3n) is 1.11. The summed E-state index contributed by atoms with van der Waals surface area (Å²) in [6.45, 7) is 1.98. The largest absolute Gasteiger partial charge is 0.361 e. The number of hydrogen-bond acceptors (Lipinski definition) is 0. The van der Waals surface area contributed by atoms with Crippen molar-refractivity contribution >= 4 is 27.5 Å². The van der Waals surface area contributed by atoms with E-state index in [4.69, 9.17) is 11.6 Å². The summed E-state index contributed by atoms with van der Waals surface area (Å²) in [5.74, 6) is 0. The molecule has 50 valence electrons. The summed E-state index contributed by atoms with van der Waals surface area (Å²) in [5, 5.41) is 1.60. The van der Waals surface area contributed by atoms with Gasteiger partial charge >= 0.3 is 0 Å². The maximum atomic E-state index is 5.78. The number of aromatic nitrogens is 1. The fraction of sp³-hybridized carbons (Fsp3) is 0.333. The van der Waals surface area contributed by atoms with Gasteiger partial charge in [-0.05, 0) is 13.0 Å². The maximum Gasteiger partial charge on any atom is 0.0624 e. The van der Waals surface area contributed by atoms with Crippen molar-refractivity contribution in [3.8, 4) is 0 Å². The molecule has 0 spiro atoms. The number of rotatable bonds is 1. The van der Waals surface area contributed by atoms with Gasteiger partial charge in [0.15, 0.2) is 0 Å². The minimum atomic E-state index is 0.791. The van der Waals surface area contributed by atoms with Gasteiger partial charge < -0.3 is 4.98 Å². The van der Waals surface area contributed by atoms with Crippen LogP contribution in [0.15, 0.2) is 6.07 Å². The van der Waals surface area contributed by atoms with Crippen molar-refractivity contribution in [2.45, 2.75) is 12.3 Å². The molecule has 1 aromatic rings. The quantitative estimate of drug-likeness (QED) is 0.683. The number of hydrogen-bond donors (Lipinski definition) is 1. The molecule has 0 atom stereocenters. The lowest BCUT2D eigenvalue weighted by Crippen LogP contribution is -1.75. The van der Waals surface area contributed by atoms with Crippen molar-refractivity contribution in [2.24, 2.45) is 0 Å². The first-order valence-corrected chi connectivity index (χ1v) is 4.14. The average molecular weight is 208 g/mol. The second-order valence-electron chi connectivity index (χ2n) is 1.91. The average Bonchev–Trinajstić information content (AvgIpc) is 2.10. The molecule has 0 aromatic carbocycles. The minimum absolute atomic E-state index is 0.791. The molecule has 1 heterocycles. The summed E-state index contributed by atoms with van der Waals surface area (Å²) in [5.41, 5.74) is 2.16. The Kier molecular flexibility index (Phi) is 2.19. The highest BCUT2D eigenvalue weighted by atomic mass is 79.9. The monoisotopic (exact) mass is 207 g/mol. The van der Waals surface area contributed by atoms with Crippen molar-refractivity contribution < 1.29 is 0 Å². The van der Waals surface area contributed by atoms with Crippen LogP contribution in [0.2, 0.25) is 5.02 Å². The Morgan fingerprint density at radius 1 is 1.78 bits per heavy atom. The second-order valence-corrected chi connectivity index (χ2v) is 2.88. The second kappa shape index (κ2) is 2.76. The van der Waals surface area contributed by atoms with Gasteiger partial charge in [0.25, 0.3) is 0 Å². The van der Waals surface area contributed by atoms with Crippen LogP contribution in [0.3, 0.4) is 0 Å². The molecule has 1 N–H and O–H groups in total. The molecule has 0 bridgehead atoms. The first-order chi connectivity index (χ1) is 4.24. The van der Waals surface area contributed by atoms with Crippen LogP contribution >= 0.6 is 27.5 Å². The molecule has 0 aliphatic carbocycles. The summed E-state index contributed by atoms with van der Waals surface area (Å²) in [4.78, 5) is 3.12. The summed E-state index contributed by atoms with van der Waals surface area (Å²) >= 11 is 9.09. The van der Waals surface area contributed by atoms with E-state index in [9.17, 15) is 0 Å². The lowest BCUT2D eigenvalue weighted by molar-refractivity contribution is 1.18. The first kappa shape index (κ1) is 7.16. The summed E-state index contributed by atoms with van der Waals surface area (Å²) in [6.07, 6.45) is 0. The fourth-order valence-electron chi connectivity index (χ4n) is 0.708. The Labute approximate surface area is 67.5 Å². The zero-order valence-electron chi connectivity index (χ0n) is 5.04. The van der Waals surface area contributed by atoms with Crippen LogP contribution in [0, 0.1) is 6.92 Å². The topological polar surface area (TPSA) is 15.8 Å². The van der Waals surface area contributed by atoms with E-state index in [0.717, 1.165) is 21.7 Å². The van der Waals surface area contributed by atoms with Gasteiger partial charge in [0.1, 0.15) is 0 Å². The minimum Gasteiger partial charge on any atom is -0.361 e. The zero-order chi connectivity index (χ0) is 6.85. The van der Waals surface area contributed by atoms with Gasteiger partial charge in [-0.2, -0.15) is 0 Å². The standard InChI is InChI=1S/C6H7BrClN/c1-4-2-5(8)6(3-7)9-4/h2,9H,3H2,1H3. The first-order valence-electron chi connectivity index (χ1n) is 2.64. The van der Waals surface area contributed by atoms with Crippen LogP contribution in [-0.2, 0) is 5.33 Å². The van der Waals surface area contributed by atoms with E-state index in [1.54, 1.807) is 0 Å². The van der Waals surface area contributed by atoms with E-state index in [2.05, 4.69) is 20.9 Å². The highest BCUT2D eigenvalue weighted by Gasteiger charge is 1.99. The Bertz CT molecular complexity index is 207. The summed E-state index contributed by atoms with van der Waals surface area (Å²) in [7, 11) is 0. The van der Waals surface area contributed by atoms with Crippen LogP contribution in [-0.4, -0.2) is 4.98 Å². The highest BCUT2D eigenvalue weighted by Crippen LogP contribution is 2.18. The number of halogens is 2. The zero-order valence-corrected chi connectivity index (χ0v) is 7.38. The number of aryl methyl sites for hydroxylation is 1. The van der Waals surface area contributed by atoms with Crippen LogP contribution in [0.1, 0.15) is 11.4 Å². The van der Waals surface area contributed by atoms with Gasteiger partial charge in [-0.3, -0.25) is 0 Å². The van der Waals surface area contributed by atoms with Crippen molar-refractivity contribution in [1.29, 1.82) is 0 Å². The smallest absolute Gasteiger partial charge is 0.0624 e. The predicted octanol–water partition coefficient (Wildman–Crippen LogP) is 2.87. The molecular weight excluding hydrogens is 201 g/mol. The number of aromatic amines is 1. The molecule has 9 heavy (non-hydrogen) atoms. The molecule has 0 aliphatic rings. The molecule has 0 fully saturated rings. The molecule has 0 amide bonds. The molecule has 0 saturated carbocycles. The van der Waals surface area contributed by atoms with Crippen molar-refractivity contribution in [3.05, 3.63) is 22.5 Å². The van der Waals surface area contributed by atoms with Gasteiger partial charge in [-0.1, -0.05) is 27.5 Å². The van der Waals surface area contributed by atoms with Gasteiger partial charge in [0.2, 0.25) is 0 Å². The van der Waals surface area contributed by atoms with Gasteiger partial charge in [0, 0.05) is 16.7 Å². The normalized spacial score (nSPS) is 10.1. The SMILES string of the molecule is Cc1cc(Cl)c(CBr)[nH]1. The number of alkyl halides is 1. The number of H-pyrrole nitrogens is 1. The molecule has 1 rings (SSSR count). The van der Waals surface area contributed by atoms with E-state index in [1.165, 1.54) is 0 Å². The van der Waals surface area contributed by atoms with E-state index >= 15 is 0 Å². The maximum absolute atomic E-state index is 5.78. The molecule has 0 saturated heterocycles. The van der Waals surface area contributed by atoms with Crippen LogP contribution in [0.25, 0.3) is 0 Å². The van der Waals surface area contributed by atoms with E-state index in [0.29, 0.717) is 0 Å². The molecule has 1 aromatic heterocycles. The van der Waals surface area contributed by atoms with E-state index < -0.39 is 0 Å². The molecule has 1 nitrogen and oxygen atoms in total. The van der Waals surface area contributed by atoms with Crippen molar-refractivity contribution in [2.75, 3.05) is 0 Å². The third kappa shape index (κ3) is 1.49. The van der Waals surface area contributed by atoms with Gasteiger partial charge in [0.05, 0.1) is 5.02 Å². The number of nitrogens with one attached hydrogen (secondary N) is 1. The highest BCUT2D eigenvalue weighted by molar-refractivity contribution is 9.08. The fourth-order valence-corrected chi connectivity index (χ4v) is 1.59. The van der Waals surface area contributed by atoms with Crippen LogP contribution in [0.5, 0.6) is 0 Å². The molecular formula is C6H7BrClN. The summed E-state index contributed by atoms with van der Waals surface area (Å²) < 4.78 is 0. The van der Waals surface area contributed by atoms with Gasteiger partial charge in [-0.15, -0.1) is 0 Å². The molecule has 0 aliphatic heterocycles. The third-order valence-corrected chi connectivity index (χ3v) is 2.01. The van der Waals surface area contributed by atoms with Crippen LogP contribution < -0.4 is 0 Å². The molecule has 0 radical (unpaired) electrons. The Balaban J connectivity index is 3.01. The van der Waals surface area contributed by atoms with E-state index in [1.807, 2.05) is 13.0 Å². The molecule has 3 heteroatoms. The van der Waals surface area contributed by atoms with E-state index in [-0.39, 0.29) is 0 Å². The lowest BCUT2D eigenvalue weighted by Gasteiger charge is -1.86. The van der Waals surface area contributed by atoms with Crippen LogP contribution in [0.4, 0.5) is 0 Å². The van der Waals surface area contributed by atoms with Gasteiger partial charge in [-0.25, -0.2) is 0 Å². The van der Waals surface area contributed by atoms with Crippen molar-refractivity contribution in [3.63, 3.8) is 0 Å². The predicted molar refractivity (Wildman–Crippen MR) is 43.2 cm³/mol. The lowest BCUT2D eigenvalue weighted by atomic mass is 10.4. The van der Waals surface area contributed by atoms with Crippen molar-refractivity contribution in [1.82, 2.24) is 4.98 Å². The summed E-state index contributed by atoms with van der Waals surface area (Å²) in [6, 6.07) is 1.91.